The second-order valence-electron chi connectivity index (χ2n) is 9.12. The average molecular weight is 495 g/mol. The van der Waals surface area contributed by atoms with Crippen LogP contribution < -0.4 is 0 Å². The maximum absolute atomic E-state index is 13.0. The Labute approximate surface area is 198 Å². The minimum absolute atomic E-state index is 0.0613. The van der Waals surface area contributed by atoms with E-state index >= 15 is 0 Å². The summed E-state index contributed by atoms with van der Waals surface area (Å²) in [5.74, 6) is -0.954. The summed E-state index contributed by atoms with van der Waals surface area (Å²) in [7, 11) is 0. The number of carbonyl (C=O) groups excluding carboxylic acids is 1. The highest BCUT2D eigenvalue weighted by Crippen LogP contribution is 2.35. The molecule has 1 N–H and O–H groups in total. The third kappa shape index (κ3) is 4.79. The standard InChI is InChI=1S/C23H25F3N4O3S/c1-22(2,21(32)33)8-3-6-18(31)29-10-7-15-16-5-4-9-27-19(16)30(17(15)13-29)12-14-11-28-20(34-14)23(24,25)26/h4-5,9,11H,3,6-8,10,12-13H2,1-2H3,(H,32,33). The number of fused-ring (bicyclic) bond motifs is 3. The highest BCUT2D eigenvalue weighted by atomic mass is 32.1. The smallest absolute Gasteiger partial charge is 0.443 e. The average Bonchev–Trinajstić information content (AvgIpc) is 3.37. The van der Waals surface area contributed by atoms with E-state index in [1.807, 2.05) is 16.7 Å². The number of carbonyl (C=O) groups is 2. The summed E-state index contributed by atoms with van der Waals surface area (Å²) in [6.45, 7) is 4.33. The molecule has 0 saturated heterocycles. The number of hydrogen-bond acceptors (Lipinski definition) is 5. The van der Waals surface area contributed by atoms with Gasteiger partial charge in [0.05, 0.1) is 18.5 Å². The van der Waals surface area contributed by atoms with E-state index in [1.54, 1.807) is 24.9 Å². The molecule has 0 atom stereocenters. The number of amides is 1. The largest absolute Gasteiger partial charge is 0.481 e. The number of carboxylic acid groups (broad SMARTS) is 1. The lowest BCUT2D eigenvalue weighted by molar-refractivity contribution is -0.147. The maximum Gasteiger partial charge on any atom is 0.443 e. The van der Waals surface area contributed by atoms with Crippen LogP contribution in [0.3, 0.4) is 0 Å². The van der Waals surface area contributed by atoms with Gasteiger partial charge in [-0.25, -0.2) is 9.97 Å². The Bertz CT molecular complexity index is 1230. The molecular formula is C23H25F3N4O3S. The molecule has 0 saturated carbocycles. The Morgan fingerprint density at radius 1 is 1.24 bits per heavy atom. The topological polar surface area (TPSA) is 88.3 Å². The predicted octanol–water partition coefficient (Wildman–Crippen LogP) is 4.73. The summed E-state index contributed by atoms with van der Waals surface area (Å²) < 4.78 is 40.9. The van der Waals surface area contributed by atoms with Crippen molar-refractivity contribution in [3.63, 3.8) is 0 Å². The molecule has 1 aliphatic rings. The maximum atomic E-state index is 13.0. The van der Waals surface area contributed by atoms with Gasteiger partial charge in [0.1, 0.15) is 5.65 Å². The van der Waals surface area contributed by atoms with Crippen molar-refractivity contribution in [2.45, 2.75) is 58.8 Å². The number of alkyl halides is 3. The zero-order valence-electron chi connectivity index (χ0n) is 18.9. The molecule has 0 fully saturated rings. The highest BCUT2D eigenvalue weighted by Gasteiger charge is 2.35. The fourth-order valence-corrected chi connectivity index (χ4v) is 5.03. The molecule has 1 amide bonds. The molecule has 4 rings (SSSR count). The van der Waals surface area contributed by atoms with Crippen molar-refractivity contribution in [1.82, 2.24) is 19.4 Å². The van der Waals surface area contributed by atoms with Crippen molar-refractivity contribution in [3.05, 3.63) is 45.7 Å². The van der Waals surface area contributed by atoms with Gasteiger partial charge >= 0.3 is 12.1 Å². The summed E-state index contributed by atoms with van der Waals surface area (Å²) in [6.07, 6.45) is 0.118. The monoisotopic (exact) mass is 494 g/mol. The zero-order valence-corrected chi connectivity index (χ0v) is 19.7. The number of pyridine rings is 1. The lowest BCUT2D eigenvalue weighted by atomic mass is 9.87. The number of aromatic nitrogens is 3. The second-order valence-corrected chi connectivity index (χ2v) is 10.2. The molecule has 0 aromatic carbocycles. The van der Waals surface area contributed by atoms with Gasteiger partial charge in [0, 0.05) is 41.3 Å². The van der Waals surface area contributed by atoms with E-state index < -0.39 is 22.6 Å². The summed E-state index contributed by atoms with van der Waals surface area (Å²) in [5, 5.41) is 9.31. The van der Waals surface area contributed by atoms with Gasteiger partial charge in [-0.05, 0) is 50.8 Å². The molecule has 0 aliphatic carbocycles. The van der Waals surface area contributed by atoms with E-state index in [0.29, 0.717) is 54.2 Å². The first kappa shape index (κ1) is 24.2. The molecule has 3 aromatic heterocycles. The number of aliphatic carboxylic acids is 1. The Balaban J connectivity index is 1.55. The van der Waals surface area contributed by atoms with Crippen LogP contribution in [0.25, 0.3) is 11.0 Å². The molecule has 34 heavy (non-hydrogen) atoms. The number of halogens is 3. The van der Waals surface area contributed by atoms with Crippen molar-refractivity contribution in [2.24, 2.45) is 5.41 Å². The van der Waals surface area contributed by atoms with Crippen molar-refractivity contribution < 1.29 is 27.9 Å². The Hall–Kier alpha value is -2.95. The highest BCUT2D eigenvalue weighted by molar-refractivity contribution is 7.11. The number of thiazole rings is 1. The molecule has 1 aliphatic heterocycles. The first-order chi connectivity index (χ1) is 16.0. The van der Waals surface area contributed by atoms with Gasteiger partial charge in [0.25, 0.3) is 0 Å². The normalized spacial score (nSPS) is 14.4. The lowest BCUT2D eigenvalue weighted by Crippen LogP contribution is -2.36. The van der Waals surface area contributed by atoms with Crippen molar-refractivity contribution >= 4 is 34.2 Å². The molecule has 0 spiro atoms. The quantitative estimate of drug-likeness (QED) is 0.513. The molecule has 0 unspecified atom stereocenters. The number of rotatable bonds is 7. The summed E-state index contributed by atoms with van der Waals surface area (Å²) in [6, 6.07) is 3.76. The van der Waals surface area contributed by atoms with Gasteiger partial charge in [-0.3, -0.25) is 9.59 Å². The first-order valence-electron chi connectivity index (χ1n) is 11.0. The van der Waals surface area contributed by atoms with Crippen molar-refractivity contribution in [3.8, 4) is 0 Å². The molecule has 3 aromatic rings. The van der Waals surface area contributed by atoms with Crippen LogP contribution in [0.15, 0.2) is 24.5 Å². The lowest BCUT2D eigenvalue weighted by Gasteiger charge is -2.29. The third-order valence-electron chi connectivity index (χ3n) is 6.25. The van der Waals surface area contributed by atoms with Crippen LogP contribution in [0.2, 0.25) is 0 Å². The van der Waals surface area contributed by atoms with Crippen LogP contribution in [-0.2, 0) is 35.3 Å². The van der Waals surface area contributed by atoms with Gasteiger partial charge in [0.2, 0.25) is 5.91 Å². The predicted molar refractivity (Wildman–Crippen MR) is 120 cm³/mol. The van der Waals surface area contributed by atoms with Gasteiger partial charge in [-0.15, -0.1) is 11.3 Å². The molecule has 0 bridgehead atoms. The Kier molecular flexibility index (Phi) is 6.41. The second kappa shape index (κ2) is 9.01. The van der Waals surface area contributed by atoms with E-state index in [4.69, 9.17) is 0 Å². The number of carboxylic acids is 1. The fourth-order valence-electron chi connectivity index (χ4n) is 4.26. The minimum atomic E-state index is -4.49. The first-order valence-corrected chi connectivity index (χ1v) is 11.8. The molecular weight excluding hydrogens is 469 g/mol. The van der Waals surface area contributed by atoms with E-state index in [-0.39, 0.29) is 18.9 Å². The van der Waals surface area contributed by atoms with Crippen molar-refractivity contribution in [2.75, 3.05) is 6.54 Å². The fraction of sp³-hybridized carbons (Fsp3) is 0.478. The van der Waals surface area contributed by atoms with E-state index in [2.05, 4.69) is 9.97 Å². The molecule has 182 valence electrons. The zero-order chi connectivity index (χ0) is 24.7. The molecule has 11 heteroatoms. The van der Waals surface area contributed by atoms with Crippen LogP contribution in [-0.4, -0.2) is 43.0 Å². The van der Waals surface area contributed by atoms with Crippen LogP contribution in [0.4, 0.5) is 13.2 Å². The van der Waals surface area contributed by atoms with Crippen LogP contribution in [0.1, 0.15) is 54.3 Å². The Morgan fingerprint density at radius 2 is 2.00 bits per heavy atom. The van der Waals surface area contributed by atoms with E-state index in [0.717, 1.165) is 16.6 Å². The summed E-state index contributed by atoms with van der Waals surface area (Å²) in [4.78, 5) is 34.4. The number of hydrogen-bond donors (Lipinski definition) is 1. The Morgan fingerprint density at radius 3 is 2.68 bits per heavy atom. The van der Waals surface area contributed by atoms with Crippen molar-refractivity contribution in [1.29, 1.82) is 0 Å². The van der Waals surface area contributed by atoms with Gasteiger partial charge in [0.15, 0.2) is 5.01 Å². The molecule has 7 nitrogen and oxygen atoms in total. The van der Waals surface area contributed by atoms with E-state index in [1.165, 1.54) is 6.20 Å². The van der Waals surface area contributed by atoms with Gasteiger partial charge < -0.3 is 14.6 Å². The number of nitrogens with zero attached hydrogens (tertiary/aromatic N) is 4. The van der Waals surface area contributed by atoms with Crippen LogP contribution >= 0.6 is 11.3 Å². The van der Waals surface area contributed by atoms with Crippen LogP contribution in [0, 0.1) is 5.41 Å². The van der Waals surface area contributed by atoms with Crippen LogP contribution in [0.5, 0.6) is 0 Å². The minimum Gasteiger partial charge on any atom is -0.481 e. The summed E-state index contributed by atoms with van der Waals surface area (Å²) in [5.41, 5.74) is 1.70. The van der Waals surface area contributed by atoms with Gasteiger partial charge in [-0.1, -0.05) is 0 Å². The molecule has 4 heterocycles. The third-order valence-corrected chi connectivity index (χ3v) is 7.27. The molecule has 0 radical (unpaired) electrons. The van der Waals surface area contributed by atoms with Gasteiger partial charge in [-0.2, -0.15) is 13.2 Å². The SMILES string of the molecule is CC(C)(CCCC(=O)N1CCc2c(n(Cc3cnc(C(F)(F)F)s3)c3ncccc23)C1)C(=O)O. The van der Waals surface area contributed by atoms with E-state index in [9.17, 15) is 27.9 Å². The summed E-state index contributed by atoms with van der Waals surface area (Å²) >= 11 is 0.607.